The Morgan fingerprint density at radius 3 is 0.538 bits per heavy atom. The molecule has 0 heterocycles. The summed E-state index contributed by atoms with van der Waals surface area (Å²) >= 11 is 35.3. The van der Waals surface area contributed by atoms with Gasteiger partial charge in [-0.3, -0.25) is 0 Å². The zero-order valence-electron chi connectivity index (χ0n) is 5.73. The first kappa shape index (κ1) is 15.3. The average Bonchev–Trinajstić information content (AvgIpc) is 2.08. The number of hydrogen-bond donors (Lipinski definition) is 0. The fourth-order valence-corrected chi connectivity index (χ4v) is 3.38. The van der Waals surface area contributed by atoms with Gasteiger partial charge in [-0.05, 0) is 0 Å². The van der Waals surface area contributed by atoms with E-state index in [0.717, 1.165) is 0 Å². The minimum absolute atomic E-state index is 0. The van der Waals surface area contributed by atoms with E-state index < -0.39 is 32.3 Å². The molecule has 1 fully saturated rings. The van der Waals surface area contributed by atoms with Gasteiger partial charge >= 0.3 is 0 Å². The van der Waals surface area contributed by atoms with Crippen LogP contribution >= 0.6 is 69.6 Å². The Morgan fingerprint density at radius 2 is 0.462 bits per heavy atom. The standard InChI is InChI=1S/C6H6Cl6.Al.3H/c7-1-2(8)4(10)6(12)5(11)3(1)9;;;;/h1-6H;;;;. The Kier molecular flexibility index (Phi) is 7.19. The van der Waals surface area contributed by atoms with Gasteiger partial charge in [0.15, 0.2) is 17.4 Å². The van der Waals surface area contributed by atoms with E-state index in [1.54, 1.807) is 0 Å². The molecule has 0 N–H and O–H groups in total. The van der Waals surface area contributed by atoms with Gasteiger partial charge in [0.25, 0.3) is 0 Å². The summed E-state index contributed by atoms with van der Waals surface area (Å²) < 4.78 is 0. The van der Waals surface area contributed by atoms with Crippen molar-refractivity contribution in [3.8, 4) is 0 Å². The second kappa shape index (κ2) is 6.12. The highest BCUT2D eigenvalue weighted by molar-refractivity contribution is 6.45. The lowest BCUT2D eigenvalue weighted by molar-refractivity contribution is 0.544. The number of rotatable bonds is 0. The molecule has 0 atom stereocenters. The zero-order valence-corrected chi connectivity index (χ0v) is 10.3. The van der Waals surface area contributed by atoms with Gasteiger partial charge in [-0.15, -0.1) is 69.6 Å². The lowest BCUT2D eigenvalue weighted by Crippen LogP contribution is -2.52. The van der Waals surface area contributed by atoms with Gasteiger partial charge in [-0.25, -0.2) is 0 Å². The van der Waals surface area contributed by atoms with Crippen LogP contribution in [0.3, 0.4) is 0 Å². The van der Waals surface area contributed by atoms with Crippen LogP contribution in [-0.2, 0) is 0 Å². The fraction of sp³-hybridized carbons (Fsp3) is 1.00. The Morgan fingerprint density at radius 1 is 0.385 bits per heavy atom. The van der Waals surface area contributed by atoms with Crippen LogP contribution in [0.4, 0.5) is 0 Å². The van der Waals surface area contributed by atoms with Crippen molar-refractivity contribution < 1.29 is 0 Å². The molecule has 0 bridgehead atoms. The Labute approximate surface area is 118 Å². The van der Waals surface area contributed by atoms with E-state index >= 15 is 0 Å². The predicted octanol–water partition coefficient (Wildman–Crippen LogP) is 2.46. The van der Waals surface area contributed by atoms with E-state index in [2.05, 4.69) is 0 Å². The van der Waals surface area contributed by atoms with Crippen molar-refractivity contribution in [1.82, 2.24) is 0 Å². The first-order valence-corrected chi connectivity index (χ1v) is 5.93. The van der Waals surface area contributed by atoms with Crippen LogP contribution in [0.2, 0.25) is 0 Å². The third-order valence-electron chi connectivity index (χ3n) is 1.83. The van der Waals surface area contributed by atoms with Crippen molar-refractivity contribution in [2.45, 2.75) is 32.3 Å². The molecular weight excluding hydrogens is 312 g/mol. The third kappa shape index (κ3) is 3.11. The molecule has 78 valence electrons. The Hall–Kier alpha value is 2.27. The van der Waals surface area contributed by atoms with Crippen molar-refractivity contribution in [3.63, 3.8) is 0 Å². The van der Waals surface area contributed by atoms with Crippen molar-refractivity contribution in [1.29, 1.82) is 0 Å². The van der Waals surface area contributed by atoms with E-state index in [-0.39, 0.29) is 17.4 Å². The van der Waals surface area contributed by atoms with Crippen molar-refractivity contribution in [3.05, 3.63) is 0 Å². The van der Waals surface area contributed by atoms with Crippen LogP contribution in [0, 0.1) is 0 Å². The molecule has 0 aromatic carbocycles. The van der Waals surface area contributed by atoms with Gasteiger partial charge < -0.3 is 0 Å². The predicted molar refractivity (Wildman–Crippen MR) is 67.8 cm³/mol. The SMILES string of the molecule is ClC1C(Cl)C(Cl)C(Cl)C(Cl)C1Cl.[AlH3]. The minimum Gasteiger partial charge on any atom is -0.120 e. The smallest absolute Gasteiger partial charge is 0.120 e. The third-order valence-corrected chi connectivity index (χ3v) is 5.86. The normalized spacial score (nSPS) is 51.2. The fourth-order valence-electron chi connectivity index (χ4n) is 1.05. The Bertz CT molecular complexity index is 109. The van der Waals surface area contributed by atoms with Crippen LogP contribution in [0.25, 0.3) is 0 Å². The first-order chi connectivity index (χ1) is 5.46. The van der Waals surface area contributed by atoms with Crippen LogP contribution < -0.4 is 0 Å². The maximum atomic E-state index is 5.88. The molecule has 0 unspecified atom stereocenters. The van der Waals surface area contributed by atoms with Gasteiger partial charge in [0, 0.05) is 0 Å². The summed E-state index contributed by atoms with van der Waals surface area (Å²) in [6.07, 6.45) is 0. The highest BCUT2D eigenvalue weighted by Crippen LogP contribution is 2.39. The highest BCUT2D eigenvalue weighted by Gasteiger charge is 2.46. The molecule has 7 heteroatoms. The first-order valence-electron chi connectivity index (χ1n) is 3.31. The van der Waals surface area contributed by atoms with Crippen molar-refractivity contribution in [2.75, 3.05) is 0 Å². The molecule has 0 amide bonds. The second-order valence-corrected chi connectivity index (χ2v) is 5.69. The van der Waals surface area contributed by atoms with E-state index in [4.69, 9.17) is 69.6 Å². The number of alkyl halides is 6. The molecule has 0 aromatic rings. The Balaban J connectivity index is 0.00000144. The van der Waals surface area contributed by atoms with Gasteiger partial charge in [0.05, 0.1) is 32.3 Å². The van der Waals surface area contributed by atoms with E-state index in [9.17, 15) is 0 Å². The molecule has 0 aliphatic heterocycles. The molecule has 1 aliphatic rings. The topological polar surface area (TPSA) is 0 Å². The van der Waals surface area contributed by atoms with Crippen molar-refractivity contribution >= 4 is 87.0 Å². The summed E-state index contributed by atoms with van der Waals surface area (Å²) in [6.45, 7) is 0. The van der Waals surface area contributed by atoms with Gasteiger partial charge in [0.2, 0.25) is 0 Å². The quantitative estimate of drug-likeness (QED) is 0.475. The largest absolute Gasteiger partial charge is 0.187 e. The molecule has 1 aliphatic carbocycles. The van der Waals surface area contributed by atoms with Crippen LogP contribution in [0.1, 0.15) is 0 Å². The molecule has 13 heavy (non-hydrogen) atoms. The second-order valence-electron chi connectivity index (χ2n) is 2.67. The maximum absolute atomic E-state index is 5.88. The van der Waals surface area contributed by atoms with E-state index in [0.29, 0.717) is 0 Å². The van der Waals surface area contributed by atoms with Crippen LogP contribution in [0.5, 0.6) is 0 Å². The summed E-state index contributed by atoms with van der Waals surface area (Å²) in [6, 6.07) is 0. The monoisotopic (exact) mass is 318 g/mol. The van der Waals surface area contributed by atoms with Gasteiger partial charge in [-0.2, -0.15) is 0 Å². The van der Waals surface area contributed by atoms with Gasteiger partial charge in [0.1, 0.15) is 0 Å². The summed E-state index contributed by atoms with van der Waals surface area (Å²) in [4.78, 5) is 0. The zero-order chi connectivity index (χ0) is 9.46. The van der Waals surface area contributed by atoms with Crippen LogP contribution in [0.15, 0.2) is 0 Å². The molecule has 0 radical (unpaired) electrons. The summed E-state index contributed by atoms with van der Waals surface area (Å²) in [5.41, 5.74) is 0. The summed E-state index contributed by atoms with van der Waals surface area (Å²) in [5.74, 6) is 0. The lowest BCUT2D eigenvalue weighted by Gasteiger charge is -2.37. The van der Waals surface area contributed by atoms with Gasteiger partial charge in [-0.1, -0.05) is 0 Å². The maximum Gasteiger partial charge on any atom is 0.187 e. The van der Waals surface area contributed by atoms with Crippen LogP contribution in [-0.4, -0.2) is 49.6 Å². The lowest BCUT2D eigenvalue weighted by atomic mass is 9.97. The van der Waals surface area contributed by atoms with E-state index in [1.807, 2.05) is 0 Å². The molecule has 0 nitrogen and oxygen atoms in total. The molecule has 1 rings (SSSR count). The number of halogens is 6. The highest BCUT2D eigenvalue weighted by atomic mass is 35.5. The molecular formula is C6H9AlCl6. The van der Waals surface area contributed by atoms with E-state index in [1.165, 1.54) is 0 Å². The summed E-state index contributed by atoms with van der Waals surface area (Å²) in [5, 5.41) is -2.62. The molecule has 0 aromatic heterocycles. The molecule has 0 spiro atoms. The molecule has 0 saturated heterocycles. The average molecular weight is 321 g/mol. The van der Waals surface area contributed by atoms with Crippen molar-refractivity contribution in [2.24, 2.45) is 0 Å². The summed E-state index contributed by atoms with van der Waals surface area (Å²) in [7, 11) is 0. The molecule has 1 saturated carbocycles. The minimum atomic E-state index is -0.437. The number of hydrogen-bond acceptors (Lipinski definition) is 0.